The fourth-order valence-corrected chi connectivity index (χ4v) is 1.93. The first-order chi connectivity index (χ1) is 10.1. The maximum Gasteiger partial charge on any atom is 0.131 e. The summed E-state index contributed by atoms with van der Waals surface area (Å²) in [5.41, 5.74) is 0.842. The van der Waals surface area contributed by atoms with Gasteiger partial charge in [-0.25, -0.2) is 8.78 Å². The topological polar surface area (TPSA) is 41.5 Å². The molecule has 0 bridgehead atoms. The molecule has 2 aromatic rings. The van der Waals surface area contributed by atoms with Crippen LogP contribution in [-0.4, -0.2) is 18.3 Å². The van der Waals surface area contributed by atoms with Crippen molar-refractivity contribution in [2.45, 2.75) is 13.0 Å². The van der Waals surface area contributed by atoms with Gasteiger partial charge in [0, 0.05) is 23.9 Å². The smallest absolute Gasteiger partial charge is 0.131 e. The van der Waals surface area contributed by atoms with Gasteiger partial charge in [0.1, 0.15) is 17.4 Å². The molecule has 21 heavy (non-hydrogen) atoms. The molecule has 0 radical (unpaired) electrons. The molecular formula is C16H17F2NO2. The number of nitrogens with one attached hydrogen (secondary N) is 1. The molecule has 2 N–H and O–H groups in total. The van der Waals surface area contributed by atoms with E-state index in [9.17, 15) is 13.9 Å². The molecule has 0 aromatic heterocycles. The van der Waals surface area contributed by atoms with E-state index in [4.69, 9.17) is 4.74 Å². The van der Waals surface area contributed by atoms with Crippen LogP contribution in [0.3, 0.4) is 0 Å². The third kappa shape index (κ3) is 4.16. The number of aliphatic hydroxyl groups is 1. The predicted octanol–water partition coefficient (Wildman–Crippen LogP) is 3.51. The Morgan fingerprint density at radius 3 is 2.48 bits per heavy atom. The largest absolute Gasteiger partial charge is 0.494 e. The van der Waals surface area contributed by atoms with Crippen LogP contribution in [0, 0.1) is 11.6 Å². The fraction of sp³-hybridized carbons (Fsp3) is 0.250. The molecule has 0 spiro atoms. The van der Waals surface area contributed by atoms with Crippen LogP contribution in [0.25, 0.3) is 0 Å². The van der Waals surface area contributed by atoms with Gasteiger partial charge in [-0.15, -0.1) is 0 Å². The van der Waals surface area contributed by atoms with E-state index < -0.39 is 17.7 Å². The first-order valence-electron chi connectivity index (χ1n) is 6.70. The summed E-state index contributed by atoms with van der Waals surface area (Å²) in [6.45, 7) is 2.62. The molecule has 1 unspecified atom stereocenters. The summed E-state index contributed by atoms with van der Waals surface area (Å²) < 4.78 is 31.7. The highest BCUT2D eigenvalue weighted by Crippen LogP contribution is 2.20. The molecule has 0 amide bonds. The van der Waals surface area contributed by atoms with Crippen molar-refractivity contribution in [3.05, 3.63) is 59.7 Å². The van der Waals surface area contributed by atoms with Crippen LogP contribution in [0.15, 0.2) is 42.5 Å². The molecule has 0 heterocycles. The molecular weight excluding hydrogens is 276 g/mol. The van der Waals surface area contributed by atoms with Crippen LogP contribution in [0.5, 0.6) is 5.75 Å². The Hall–Kier alpha value is -2.14. The minimum absolute atomic E-state index is 0.0647. The van der Waals surface area contributed by atoms with Gasteiger partial charge in [0.15, 0.2) is 0 Å². The van der Waals surface area contributed by atoms with Crippen molar-refractivity contribution in [1.82, 2.24) is 0 Å². The van der Waals surface area contributed by atoms with Crippen LogP contribution in [0.1, 0.15) is 18.6 Å². The van der Waals surface area contributed by atoms with Crippen molar-refractivity contribution < 1.29 is 18.6 Å². The summed E-state index contributed by atoms with van der Waals surface area (Å²) in [5.74, 6) is -0.660. The highest BCUT2D eigenvalue weighted by molar-refractivity contribution is 5.46. The normalized spacial score (nSPS) is 12.0. The Balaban J connectivity index is 1.95. The van der Waals surface area contributed by atoms with Gasteiger partial charge in [-0.2, -0.15) is 0 Å². The lowest BCUT2D eigenvalue weighted by Gasteiger charge is -2.14. The third-order valence-electron chi connectivity index (χ3n) is 2.99. The molecule has 1 atom stereocenters. The second-order valence-corrected chi connectivity index (χ2v) is 4.52. The molecule has 112 valence electrons. The number of ether oxygens (including phenoxy) is 1. The number of halogens is 2. The summed E-state index contributed by atoms with van der Waals surface area (Å²) in [6, 6.07) is 10.3. The van der Waals surface area contributed by atoms with Crippen LogP contribution < -0.4 is 10.1 Å². The van der Waals surface area contributed by atoms with Crippen molar-refractivity contribution >= 4 is 5.69 Å². The minimum Gasteiger partial charge on any atom is -0.494 e. The zero-order valence-electron chi connectivity index (χ0n) is 11.6. The lowest BCUT2D eigenvalue weighted by molar-refractivity contribution is 0.186. The Morgan fingerprint density at radius 2 is 1.86 bits per heavy atom. The van der Waals surface area contributed by atoms with Crippen molar-refractivity contribution in [1.29, 1.82) is 0 Å². The van der Waals surface area contributed by atoms with E-state index in [1.807, 2.05) is 6.92 Å². The summed E-state index contributed by atoms with van der Waals surface area (Å²) >= 11 is 0. The van der Waals surface area contributed by atoms with E-state index >= 15 is 0 Å². The lowest BCUT2D eigenvalue weighted by Crippen LogP contribution is -2.13. The first-order valence-corrected chi connectivity index (χ1v) is 6.70. The van der Waals surface area contributed by atoms with Gasteiger partial charge in [0.25, 0.3) is 0 Å². The molecule has 0 fully saturated rings. The van der Waals surface area contributed by atoms with E-state index in [0.717, 1.165) is 23.6 Å². The van der Waals surface area contributed by atoms with Gasteiger partial charge in [-0.3, -0.25) is 0 Å². The molecule has 0 saturated carbocycles. The van der Waals surface area contributed by atoms with E-state index in [1.165, 1.54) is 6.07 Å². The van der Waals surface area contributed by atoms with Gasteiger partial charge < -0.3 is 15.2 Å². The average Bonchev–Trinajstić information content (AvgIpc) is 2.46. The molecule has 0 aliphatic rings. The molecule has 2 rings (SSSR count). The molecule has 2 aromatic carbocycles. The summed E-state index contributed by atoms with van der Waals surface area (Å²) in [5, 5.41) is 12.9. The predicted molar refractivity (Wildman–Crippen MR) is 77.4 cm³/mol. The van der Waals surface area contributed by atoms with Crippen molar-refractivity contribution in [2.24, 2.45) is 0 Å². The van der Waals surface area contributed by atoms with Crippen molar-refractivity contribution in [2.75, 3.05) is 18.5 Å². The van der Waals surface area contributed by atoms with E-state index in [0.29, 0.717) is 6.61 Å². The second-order valence-electron chi connectivity index (χ2n) is 4.52. The van der Waals surface area contributed by atoms with Crippen molar-refractivity contribution in [3.63, 3.8) is 0 Å². The quantitative estimate of drug-likeness (QED) is 0.856. The summed E-state index contributed by atoms with van der Waals surface area (Å²) in [4.78, 5) is 0. The van der Waals surface area contributed by atoms with Gasteiger partial charge in [-0.1, -0.05) is 6.07 Å². The zero-order valence-corrected chi connectivity index (χ0v) is 11.6. The Kier molecular flexibility index (Phi) is 5.11. The number of anilines is 1. The number of benzene rings is 2. The molecule has 0 aliphatic carbocycles. The molecule has 0 saturated heterocycles. The number of hydrogen-bond acceptors (Lipinski definition) is 3. The Bertz CT molecular complexity index is 587. The Labute approximate surface area is 122 Å². The second kappa shape index (κ2) is 7.04. The zero-order chi connectivity index (χ0) is 15.2. The molecule has 3 nitrogen and oxygen atoms in total. The standard InChI is InChI=1S/C16H17F2NO2/c1-2-21-13-6-4-12(5-7-13)19-10-16(20)14-8-3-11(17)9-15(14)18/h3-9,16,19-20H,2,10H2,1H3. The van der Waals surface area contributed by atoms with E-state index in [2.05, 4.69) is 5.32 Å². The number of rotatable bonds is 6. The minimum atomic E-state index is -1.06. The maximum absolute atomic E-state index is 13.5. The SMILES string of the molecule is CCOc1ccc(NCC(O)c2ccc(F)cc2F)cc1. The number of hydrogen-bond donors (Lipinski definition) is 2. The van der Waals surface area contributed by atoms with Gasteiger partial charge in [0.05, 0.1) is 12.7 Å². The van der Waals surface area contributed by atoms with Crippen LogP contribution in [0.4, 0.5) is 14.5 Å². The fourth-order valence-electron chi connectivity index (χ4n) is 1.93. The lowest BCUT2D eigenvalue weighted by atomic mass is 10.1. The van der Waals surface area contributed by atoms with Crippen LogP contribution in [-0.2, 0) is 0 Å². The van der Waals surface area contributed by atoms with E-state index in [1.54, 1.807) is 24.3 Å². The van der Waals surface area contributed by atoms with Crippen molar-refractivity contribution in [3.8, 4) is 5.75 Å². The average molecular weight is 293 g/mol. The van der Waals surface area contributed by atoms with E-state index in [-0.39, 0.29) is 12.1 Å². The molecule has 0 aliphatic heterocycles. The summed E-state index contributed by atoms with van der Waals surface area (Å²) in [6.07, 6.45) is -1.06. The summed E-state index contributed by atoms with van der Waals surface area (Å²) in [7, 11) is 0. The highest BCUT2D eigenvalue weighted by atomic mass is 19.1. The third-order valence-corrected chi connectivity index (χ3v) is 2.99. The van der Waals surface area contributed by atoms with Crippen LogP contribution >= 0.6 is 0 Å². The van der Waals surface area contributed by atoms with Gasteiger partial charge in [-0.05, 0) is 37.3 Å². The van der Waals surface area contributed by atoms with Gasteiger partial charge >= 0.3 is 0 Å². The van der Waals surface area contributed by atoms with Gasteiger partial charge in [0.2, 0.25) is 0 Å². The molecule has 5 heteroatoms. The number of aliphatic hydroxyl groups excluding tert-OH is 1. The Morgan fingerprint density at radius 1 is 1.14 bits per heavy atom. The monoisotopic (exact) mass is 293 g/mol. The highest BCUT2D eigenvalue weighted by Gasteiger charge is 2.13. The maximum atomic E-state index is 13.5. The van der Waals surface area contributed by atoms with Crippen LogP contribution in [0.2, 0.25) is 0 Å². The first kappa shape index (κ1) is 15.3.